The van der Waals surface area contributed by atoms with E-state index in [0.29, 0.717) is 0 Å². The van der Waals surface area contributed by atoms with Crippen molar-refractivity contribution in [2.24, 2.45) is 11.3 Å². The largest absolute Gasteiger partial charge is 0.299 e. The van der Waals surface area contributed by atoms with Crippen molar-refractivity contribution in [2.45, 2.75) is 20.8 Å². The summed E-state index contributed by atoms with van der Waals surface area (Å²) in [4.78, 5) is 11.5. The Morgan fingerprint density at radius 2 is 1.67 bits per heavy atom. The van der Waals surface area contributed by atoms with Crippen LogP contribution in [-0.4, -0.2) is 25.7 Å². The fourth-order valence-electron chi connectivity index (χ4n) is 1.33. The topological polar surface area (TPSA) is 51.2 Å². The average Bonchev–Trinajstić information content (AvgIpc) is 1.78. The van der Waals surface area contributed by atoms with Crippen LogP contribution in [0.5, 0.6) is 0 Å². The molecule has 0 aromatic carbocycles. The zero-order valence-corrected chi connectivity index (χ0v) is 8.44. The monoisotopic (exact) mass is 190 g/mol. The highest BCUT2D eigenvalue weighted by atomic mass is 32.2. The first kappa shape index (κ1) is 9.71. The van der Waals surface area contributed by atoms with Gasteiger partial charge in [0.05, 0.1) is 11.5 Å². The molecule has 0 aromatic heterocycles. The Hall–Kier alpha value is -0.380. The normalized spacial score (nSPS) is 23.2. The molecule has 3 nitrogen and oxygen atoms in total. The van der Waals surface area contributed by atoms with Crippen molar-refractivity contribution in [3.63, 3.8) is 0 Å². The minimum Gasteiger partial charge on any atom is -0.299 e. The van der Waals surface area contributed by atoms with Gasteiger partial charge in [0, 0.05) is 11.3 Å². The maximum atomic E-state index is 11.5. The highest BCUT2D eigenvalue weighted by Crippen LogP contribution is 2.28. The smallest absolute Gasteiger partial charge is 0.151 e. The van der Waals surface area contributed by atoms with Crippen LogP contribution in [0.2, 0.25) is 0 Å². The Bertz CT molecular complexity index is 283. The summed E-state index contributed by atoms with van der Waals surface area (Å²) < 4.78 is 21.6. The SMILES string of the molecule is CC(C)(C)C(=O)C1CS(=O)(=O)C1. The molecule has 1 fully saturated rings. The van der Waals surface area contributed by atoms with Crippen LogP contribution < -0.4 is 0 Å². The number of carbonyl (C=O) groups is 1. The number of ketones is 1. The molecule has 0 bridgehead atoms. The fourth-order valence-corrected chi connectivity index (χ4v) is 2.76. The molecular weight excluding hydrogens is 176 g/mol. The fraction of sp³-hybridized carbons (Fsp3) is 0.875. The average molecular weight is 190 g/mol. The molecule has 1 rings (SSSR count). The van der Waals surface area contributed by atoms with Crippen LogP contribution in [0.4, 0.5) is 0 Å². The number of carbonyl (C=O) groups excluding carboxylic acids is 1. The van der Waals surface area contributed by atoms with Crippen molar-refractivity contribution >= 4 is 15.6 Å². The first-order chi connectivity index (χ1) is 5.22. The minimum atomic E-state index is -2.86. The van der Waals surface area contributed by atoms with Gasteiger partial charge in [0.25, 0.3) is 0 Å². The molecule has 1 heterocycles. The van der Waals surface area contributed by atoms with E-state index in [9.17, 15) is 13.2 Å². The van der Waals surface area contributed by atoms with Crippen LogP contribution >= 0.6 is 0 Å². The highest BCUT2D eigenvalue weighted by Gasteiger charge is 2.42. The van der Waals surface area contributed by atoms with Crippen LogP contribution in [0.15, 0.2) is 0 Å². The van der Waals surface area contributed by atoms with Crippen LogP contribution in [0.1, 0.15) is 20.8 Å². The van der Waals surface area contributed by atoms with Crippen LogP contribution in [0.3, 0.4) is 0 Å². The van der Waals surface area contributed by atoms with E-state index in [0.717, 1.165) is 0 Å². The number of rotatable bonds is 1. The molecule has 0 amide bonds. The molecule has 1 saturated heterocycles. The van der Waals surface area contributed by atoms with E-state index in [4.69, 9.17) is 0 Å². The van der Waals surface area contributed by atoms with Crippen LogP contribution in [0.25, 0.3) is 0 Å². The molecule has 0 saturated carbocycles. The van der Waals surface area contributed by atoms with Crippen LogP contribution in [-0.2, 0) is 14.6 Å². The van der Waals surface area contributed by atoms with Gasteiger partial charge in [0.2, 0.25) is 0 Å². The van der Waals surface area contributed by atoms with Gasteiger partial charge in [-0.2, -0.15) is 0 Å². The molecule has 1 aliphatic heterocycles. The summed E-state index contributed by atoms with van der Waals surface area (Å²) in [5, 5.41) is 0. The van der Waals surface area contributed by atoms with E-state index in [1.54, 1.807) is 0 Å². The van der Waals surface area contributed by atoms with Crippen molar-refractivity contribution in [1.82, 2.24) is 0 Å². The van der Waals surface area contributed by atoms with Crippen molar-refractivity contribution in [2.75, 3.05) is 11.5 Å². The van der Waals surface area contributed by atoms with Crippen molar-refractivity contribution < 1.29 is 13.2 Å². The lowest BCUT2D eigenvalue weighted by Crippen LogP contribution is -2.45. The highest BCUT2D eigenvalue weighted by molar-refractivity contribution is 7.92. The first-order valence-corrected chi connectivity index (χ1v) is 5.79. The Morgan fingerprint density at radius 1 is 1.25 bits per heavy atom. The summed E-state index contributed by atoms with van der Waals surface area (Å²) >= 11 is 0. The molecule has 1 aliphatic rings. The predicted molar refractivity (Wildman–Crippen MR) is 46.6 cm³/mol. The van der Waals surface area contributed by atoms with Crippen LogP contribution in [0, 0.1) is 11.3 Å². The Labute approximate surface area is 73.1 Å². The van der Waals surface area contributed by atoms with E-state index in [2.05, 4.69) is 0 Å². The van der Waals surface area contributed by atoms with Gasteiger partial charge >= 0.3 is 0 Å². The van der Waals surface area contributed by atoms with Gasteiger partial charge in [-0.3, -0.25) is 4.79 Å². The molecule has 70 valence electrons. The standard InChI is InChI=1S/C8H14O3S/c1-8(2,3)7(9)6-4-12(10,11)5-6/h6H,4-5H2,1-3H3. The van der Waals surface area contributed by atoms with Gasteiger partial charge in [0.15, 0.2) is 9.84 Å². The maximum Gasteiger partial charge on any atom is 0.151 e. The second kappa shape index (κ2) is 2.55. The lowest BCUT2D eigenvalue weighted by Gasteiger charge is -2.30. The Morgan fingerprint density at radius 3 is 1.92 bits per heavy atom. The minimum absolute atomic E-state index is 0.0586. The molecule has 12 heavy (non-hydrogen) atoms. The second-order valence-corrected chi connectivity index (χ2v) is 6.54. The molecule has 0 atom stereocenters. The summed E-state index contributed by atoms with van der Waals surface area (Å²) in [5.74, 6) is -0.0565. The zero-order chi connectivity index (χ0) is 9.57. The van der Waals surface area contributed by atoms with E-state index in [1.807, 2.05) is 20.8 Å². The van der Waals surface area contributed by atoms with E-state index >= 15 is 0 Å². The molecule has 0 spiro atoms. The molecular formula is C8H14O3S. The zero-order valence-electron chi connectivity index (χ0n) is 7.62. The van der Waals surface area contributed by atoms with Crippen molar-refractivity contribution in [1.29, 1.82) is 0 Å². The van der Waals surface area contributed by atoms with E-state index in [-0.39, 0.29) is 23.2 Å². The Kier molecular flexibility index (Phi) is 2.07. The Balaban J connectivity index is 2.61. The van der Waals surface area contributed by atoms with Gasteiger partial charge in [-0.15, -0.1) is 0 Å². The quantitative estimate of drug-likeness (QED) is 0.610. The van der Waals surface area contributed by atoms with Crippen molar-refractivity contribution in [3.05, 3.63) is 0 Å². The molecule has 4 heteroatoms. The summed E-state index contributed by atoms with van der Waals surface area (Å²) in [6, 6.07) is 0. The number of hydrogen-bond acceptors (Lipinski definition) is 3. The molecule has 0 aromatic rings. The van der Waals surface area contributed by atoms with Crippen molar-refractivity contribution in [3.8, 4) is 0 Å². The summed E-state index contributed by atoms with van der Waals surface area (Å²) in [7, 11) is -2.86. The third-order valence-corrected chi connectivity index (χ3v) is 3.84. The third kappa shape index (κ3) is 1.86. The van der Waals surface area contributed by atoms with Gasteiger partial charge < -0.3 is 0 Å². The third-order valence-electron chi connectivity index (χ3n) is 2.02. The summed E-state index contributed by atoms with van der Waals surface area (Å²) in [6.45, 7) is 5.46. The maximum absolute atomic E-state index is 11.5. The van der Waals surface area contributed by atoms with E-state index in [1.165, 1.54) is 0 Å². The van der Waals surface area contributed by atoms with Gasteiger partial charge in [-0.1, -0.05) is 20.8 Å². The number of Topliss-reactive ketones (excluding diaryl/α,β-unsaturated/α-hetero) is 1. The second-order valence-electron chi connectivity index (χ2n) is 4.39. The molecule has 0 N–H and O–H groups in total. The molecule has 0 radical (unpaired) electrons. The first-order valence-electron chi connectivity index (χ1n) is 3.97. The van der Waals surface area contributed by atoms with Gasteiger partial charge in [-0.25, -0.2) is 8.42 Å². The van der Waals surface area contributed by atoms with E-state index < -0.39 is 15.3 Å². The summed E-state index contributed by atoms with van der Waals surface area (Å²) in [6.07, 6.45) is 0. The van der Waals surface area contributed by atoms with Gasteiger partial charge in [-0.05, 0) is 0 Å². The lowest BCUT2D eigenvalue weighted by atomic mass is 9.84. The van der Waals surface area contributed by atoms with Gasteiger partial charge in [0.1, 0.15) is 5.78 Å². The summed E-state index contributed by atoms with van der Waals surface area (Å²) in [5.41, 5.74) is -0.402. The number of hydrogen-bond donors (Lipinski definition) is 0. The molecule has 0 aliphatic carbocycles. The number of sulfone groups is 1. The molecule has 0 unspecified atom stereocenters. The predicted octanol–water partition coefficient (Wildman–Crippen LogP) is 0.646. The lowest BCUT2D eigenvalue weighted by molar-refractivity contribution is -0.129.